The molecule has 0 aromatic heterocycles. The Morgan fingerprint density at radius 2 is 1.07 bits per heavy atom. The number of carboxylic acid groups (broad SMARTS) is 4. The largest absolute Gasteiger partial charge is 0.483 e. The number of hydrogen-bond donors (Lipinski definition) is 4. The second-order valence-electron chi connectivity index (χ2n) is 7.02. The summed E-state index contributed by atoms with van der Waals surface area (Å²) in [7, 11) is 2.29. The maximum absolute atomic E-state index is 8.36. The fourth-order valence-corrected chi connectivity index (χ4v) is 3.28. The van der Waals surface area contributed by atoms with Crippen molar-refractivity contribution >= 4 is 25.9 Å². The zero-order valence-electron chi connectivity index (χ0n) is 17.3. The van der Waals surface area contributed by atoms with Gasteiger partial charge in [-0.2, -0.15) is 0 Å². The van der Waals surface area contributed by atoms with Gasteiger partial charge in [-0.3, -0.25) is 24.1 Å². The van der Waals surface area contributed by atoms with Gasteiger partial charge in [-0.05, 0) is 53.5 Å². The van der Waals surface area contributed by atoms with Crippen LogP contribution in [-0.4, -0.2) is 69.3 Å². The second kappa shape index (κ2) is 20.2. The minimum Gasteiger partial charge on any atom is -0.483 e. The minimum atomic E-state index is -0.250. The van der Waals surface area contributed by atoms with Crippen molar-refractivity contribution in [2.45, 2.75) is 77.8 Å². The Hall–Kier alpha value is -2.16. The van der Waals surface area contributed by atoms with E-state index < -0.39 is 0 Å². The van der Waals surface area contributed by atoms with Gasteiger partial charge in [-0.1, -0.05) is 26.2 Å². The zero-order valence-corrected chi connectivity index (χ0v) is 17.3. The van der Waals surface area contributed by atoms with Crippen molar-refractivity contribution in [2.24, 2.45) is 5.92 Å². The van der Waals surface area contributed by atoms with E-state index in [2.05, 4.69) is 46.6 Å². The molecule has 1 saturated heterocycles. The van der Waals surface area contributed by atoms with Gasteiger partial charge in [-0.15, -0.1) is 0 Å². The molecule has 1 fully saturated rings. The molecule has 0 aromatic carbocycles. The van der Waals surface area contributed by atoms with Crippen molar-refractivity contribution in [3.8, 4) is 0 Å². The lowest BCUT2D eigenvalue weighted by Gasteiger charge is -2.54. The van der Waals surface area contributed by atoms with Gasteiger partial charge < -0.3 is 20.4 Å². The van der Waals surface area contributed by atoms with Crippen molar-refractivity contribution in [1.82, 2.24) is 4.90 Å². The first-order valence-electron chi connectivity index (χ1n) is 8.51. The molecule has 4 N–H and O–H groups in total. The predicted molar refractivity (Wildman–Crippen MR) is 103 cm³/mol. The topological polar surface area (TPSA) is 152 Å². The maximum atomic E-state index is 8.36. The standard InChI is InChI=1S/C14H29N.4CH2O2/c1-7-8-9-12-10-13(2,3)15(6)14(4,5)11-12;4*2-1-3/h12H,7-11H2,1-6H3;4*1H,(H,2,3). The van der Waals surface area contributed by atoms with Gasteiger partial charge in [0.25, 0.3) is 25.9 Å². The molecule has 0 aliphatic carbocycles. The van der Waals surface area contributed by atoms with E-state index in [1.54, 1.807) is 0 Å². The molecule has 0 spiro atoms. The number of rotatable bonds is 3. The van der Waals surface area contributed by atoms with Crippen LogP contribution in [0.4, 0.5) is 0 Å². The molecule has 27 heavy (non-hydrogen) atoms. The van der Waals surface area contributed by atoms with Crippen LogP contribution in [0, 0.1) is 5.92 Å². The highest BCUT2D eigenvalue weighted by Crippen LogP contribution is 2.41. The fraction of sp³-hybridized carbons (Fsp3) is 0.778. The number of hydrogen-bond acceptors (Lipinski definition) is 5. The van der Waals surface area contributed by atoms with Gasteiger partial charge >= 0.3 is 0 Å². The molecule has 0 unspecified atom stereocenters. The van der Waals surface area contributed by atoms with Crippen LogP contribution in [0.1, 0.15) is 66.7 Å². The van der Waals surface area contributed by atoms with Crippen LogP contribution in [0.3, 0.4) is 0 Å². The van der Waals surface area contributed by atoms with Crippen LogP contribution in [0.15, 0.2) is 0 Å². The van der Waals surface area contributed by atoms with E-state index >= 15 is 0 Å². The maximum Gasteiger partial charge on any atom is 0.290 e. The van der Waals surface area contributed by atoms with Gasteiger partial charge in [0.15, 0.2) is 0 Å². The first-order valence-corrected chi connectivity index (χ1v) is 8.51. The highest BCUT2D eigenvalue weighted by Gasteiger charge is 2.42. The fourth-order valence-electron chi connectivity index (χ4n) is 3.28. The summed E-state index contributed by atoms with van der Waals surface area (Å²) < 4.78 is 0. The molecular formula is C18H37NO8. The Bertz CT molecular complexity index is 330. The Balaban J connectivity index is -0.000000182. The quantitative estimate of drug-likeness (QED) is 0.528. The number of piperidine rings is 1. The predicted octanol–water partition coefficient (Wildman–Crippen LogP) is 2.88. The van der Waals surface area contributed by atoms with E-state index in [4.69, 9.17) is 39.6 Å². The average Bonchev–Trinajstić information content (AvgIpc) is 2.53. The van der Waals surface area contributed by atoms with Crippen molar-refractivity contribution in [1.29, 1.82) is 0 Å². The third kappa shape index (κ3) is 20.0. The summed E-state index contributed by atoms with van der Waals surface area (Å²) in [6.45, 7) is 10.9. The molecule has 1 aliphatic heterocycles. The van der Waals surface area contributed by atoms with Crippen LogP contribution >= 0.6 is 0 Å². The minimum absolute atomic E-state index is 0.250. The Morgan fingerprint density at radius 3 is 1.30 bits per heavy atom. The Kier molecular flexibility index (Phi) is 24.3. The lowest BCUT2D eigenvalue weighted by atomic mass is 9.72. The van der Waals surface area contributed by atoms with E-state index in [1.165, 1.54) is 32.1 Å². The van der Waals surface area contributed by atoms with Crippen LogP contribution in [-0.2, 0) is 19.2 Å². The first kappa shape index (κ1) is 32.5. The van der Waals surface area contributed by atoms with Crippen molar-refractivity contribution in [3.05, 3.63) is 0 Å². The summed E-state index contributed by atoms with van der Waals surface area (Å²) in [5, 5.41) is 27.6. The summed E-state index contributed by atoms with van der Waals surface area (Å²) in [5.41, 5.74) is 0.750. The molecule has 0 aromatic rings. The number of carbonyl (C=O) groups is 4. The van der Waals surface area contributed by atoms with Crippen molar-refractivity contribution in [2.75, 3.05) is 7.05 Å². The summed E-state index contributed by atoms with van der Waals surface area (Å²) in [6, 6.07) is 0. The van der Waals surface area contributed by atoms with Crippen LogP contribution in [0.25, 0.3) is 0 Å². The second-order valence-corrected chi connectivity index (χ2v) is 7.02. The van der Waals surface area contributed by atoms with E-state index in [1.807, 2.05) is 0 Å². The van der Waals surface area contributed by atoms with Gasteiger partial charge in [-0.25, -0.2) is 0 Å². The Labute approximate surface area is 162 Å². The molecule has 9 heteroatoms. The lowest BCUT2D eigenvalue weighted by molar-refractivity contribution is -0.123. The molecule has 0 saturated carbocycles. The molecule has 1 rings (SSSR count). The van der Waals surface area contributed by atoms with Gasteiger partial charge in [0.1, 0.15) is 0 Å². The summed E-state index contributed by atoms with van der Waals surface area (Å²) >= 11 is 0. The summed E-state index contributed by atoms with van der Waals surface area (Å²) in [6.07, 6.45) is 6.91. The summed E-state index contributed by atoms with van der Waals surface area (Å²) in [5.74, 6) is 0.936. The van der Waals surface area contributed by atoms with E-state index in [0.717, 1.165) is 5.92 Å². The molecule has 1 aliphatic rings. The molecule has 0 radical (unpaired) electrons. The molecule has 1 heterocycles. The van der Waals surface area contributed by atoms with Gasteiger partial charge in [0.2, 0.25) is 0 Å². The molecule has 162 valence electrons. The summed E-state index contributed by atoms with van der Waals surface area (Å²) in [4.78, 5) is 36.0. The smallest absolute Gasteiger partial charge is 0.290 e. The number of unbranched alkanes of at least 4 members (excludes halogenated alkanes) is 1. The number of likely N-dealkylation sites (tertiary alicyclic amines) is 1. The highest BCUT2D eigenvalue weighted by atomic mass is 16.4. The molecule has 0 atom stereocenters. The Morgan fingerprint density at radius 1 is 0.815 bits per heavy atom. The van der Waals surface area contributed by atoms with Gasteiger partial charge in [0.05, 0.1) is 0 Å². The van der Waals surface area contributed by atoms with Crippen molar-refractivity contribution < 1.29 is 39.6 Å². The SMILES string of the molecule is CCCCC1CC(C)(C)N(C)C(C)(C)C1.O=CO.O=CO.O=CO.O=CO. The molecule has 0 bridgehead atoms. The first-order chi connectivity index (χ1) is 12.5. The molecular weight excluding hydrogens is 358 g/mol. The van der Waals surface area contributed by atoms with Crippen LogP contribution in [0.5, 0.6) is 0 Å². The van der Waals surface area contributed by atoms with Gasteiger partial charge in [0, 0.05) is 11.1 Å². The normalized spacial score (nSPS) is 16.7. The molecule has 0 amide bonds. The van der Waals surface area contributed by atoms with Crippen LogP contribution in [0.2, 0.25) is 0 Å². The highest BCUT2D eigenvalue weighted by molar-refractivity contribution is 5.33. The molecule has 9 nitrogen and oxygen atoms in total. The van der Waals surface area contributed by atoms with Crippen molar-refractivity contribution in [3.63, 3.8) is 0 Å². The lowest BCUT2D eigenvalue weighted by Crippen LogP contribution is -2.58. The van der Waals surface area contributed by atoms with Crippen LogP contribution < -0.4 is 0 Å². The number of nitrogens with zero attached hydrogens (tertiary/aromatic N) is 1. The monoisotopic (exact) mass is 395 g/mol. The van der Waals surface area contributed by atoms with E-state index in [9.17, 15) is 0 Å². The third-order valence-electron chi connectivity index (χ3n) is 4.36. The third-order valence-corrected chi connectivity index (χ3v) is 4.36. The zero-order chi connectivity index (χ0) is 22.5. The average molecular weight is 395 g/mol. The van der Waals surface area contributed by atoms with E-state index in [-0.39, 0.29) is 25.9 Å². The van der Waals surface area contributed by atoms with E-state index in [0.29, 0.717) is 11.1 Å².